The molecule has 0 saturated carbocycles. The molecule has 9 heteroatoms. The summed E-state index contributed by atoms with van der Waals surface area (Å²) in [4.78, 5) is 42.3. The molecule has 2 amide bonds. The van der Waals surface area contributed by atoms with Gasteiger partial charge in [-0.2, -0.15) is 4.98 Å². The van der Waals surface area contributed by atoms with Crippen LogP contribution in [0.1, 0.15) is 24.0 Å². The highest BCUT2D eigenvalue weighted by atomic mass is 16.5. The van der Waals surface area contributed by atoms with Crippen LogP contribution >= 0.6 is 0 Å². The highest BCUT2D eigenvalue weighted by molar-refractivity contribution is 5.97. The minimum atomic E-state index is -0.548. The number of nitrogens with zero attached hydrogens (tertiary/aromatic N) is 3. The average Bonchev–Trinajstić information content (AvgIpc) is 3.23. The molecule has 0 bridgehead atoms. The van der Waals surface area contributed by atoms with Gasteiger partial charge in [0.15, 0.2) is 0 Å². The van der Waals surface area contributed by atoms with Crippen LogP contribution in [0.3, 0.4) is 0 Å². The second-order valence-corrected chi connectivity index (χ2v) is 6.53. The normalized spacial score (nSPS) is 15.1. The number of aromatic nitrogens is 2. The van der Waals surface area contributed by atoms with Crippen LogP contribution in [0, 0.1) is 5.92 Å². The van der Waals surface area contributed by atoms with E-state index in [0.29, 0.717) is 31.9 Å². The monoisotopic (exact) mass is 386 g/mol. The van der Waals surface area contributed by atoms with Crippen molar-refractivity contribution >= 4 is 17.6 Å². The van der Waals surface area contributed by atoms with Crippen LogP contribution in [0.5, 0.6) is 0 Å². The predicted octanol–water partition coefficient (Wildman–Crippen LogP) is 0.920. The molecule has 1 aliphatic rings. The Morgan fingerprint density at radius 1 is 1.18 bits per heavy atom. The largest absolute Gasteiger partial charge is 0.378 e. The van der Waals surface area contributed by atoms with Gasteiger partial charge in [-0.15, -0.1) is 0 Å². The van der Waals surface area contributed by atoms with Crippen molar-refractivity contribution in [1.29, 1.82) is 0 Å². The summed E-state index contributed by atoms with van der Waals surface area (Å²) in [6.07, 6.45) is 0.0837. The summed E-state index contributed by atoms with van der Waals surface area (Å²) in [7, 11) is 0. The molecule has 1 unspecified atom stereocenters. The molecular weight excluding hydrogens is 364 g/mol. The Morgan fingerprint density at radius 2 is 1.89 bits per heavy atom. The summed E-state index contributed by atoms with van der Waals surface area (Å²) in [5.41, 5.74) is 0.702. The van der Waals surface area contributed by atoms with E-state index in [1.54, 1.807) is 24.0 Å². The third kappa shape index (κ3) is 5.01. The average molecular weight is 386 g/mol. The van der Waals surface area contributed by atoms with Crippen molar-refractivity contribution < 1.29 is 23.6 Å². The number of morpholine rings is 1. The van der Waals surface area contributed by atoms with Gasteiger partial charge in [0.25, 0.3) is 5.89 Å². The fraction of sp³-hybridized carbons (Fsp3) is 0.421. The Hall–Kier alpha value is -3.07. The molecule has 1 aromatic carbocycles. The Labute approximate surface area is 162 Å². The van der Waals surface area contributed by atoms with Crippen LogP contribution in [-0.4, -0.2) is 65.5 Å². The van der Waals surface area contributed by atoms with Crippen molar-refractivity contribution in [3.63, 3.8) is 0 Å². The molecule has 9 nitrogen and oxygen atoms in total. The summed E-state index contributed by atoms with van der Waals surface area (Å²) >= 11 is 0. The third-order valence-corrected chi connectivity index (χ3v) is 4.41. The molecule has 0 aliphatic carbocycles. The minimum absolute atomic E-state index is 0.0837. The van der Waals surface area contributed by atoms with Crippen molar-refractivity contribution in [2.24, 2.45) is 5.92 Å². The molecule has 1 N–H and O–H groups in total. The van der Waals surface area contributed by atoms with E-state index in [2.05, 4.69) is 15.5 Å². The van der Waals surface area contributed by atoms with Gasteiger partial charge in [0, 0.05) is 31.0 Å². The molecule has 28 heavy (non-hydrogen) atoms. The maximum Gasteiger partial charge on any atom is 0.258 e. The highest BCUT2D eigenvalue weighted by Crippen LogP contribution is 2.16. The van der Waals surface area contributed by atoms with Gasteiger partial charge >= 0.3 is 0 Å². The number of carbonyl (C=O) groups is 3. The quantitative estimate of drug-likeness (QED) is 0.704. The van der Waals surface area contributed by atoms with E-state index in [1.807, 2.05) is 18.2 Å². The Bertz CT molecular complexity index is 830. The second kappa shape index (κ2) is 9.23. The lowest BCUT2D eigenvalue weighted by molar-refractivity contribution is -0.139. The molecule has 0 radical (unpaired) electrons. The van der Waals surface area contributed by atoms with Crippen molar-refractivity contribution in [3.8, 4) is 11.5 Å². The lowest BCUT2D eigenvalue weighted by Crippen LogP contribution is -2.43. The van der Waals surface area contributed by atoms with E-state index >= 15 is 0 Å². The second-order valence-electron chi connectivity index (χ2n) is 6.53. The predicted molar refractivity (Wildman–Crippen MR) is 98.3 cm³/mol. The number of carbonyl (C=O) groups excluding carboxylic acids is 3. The highest BCUT2D eigenvalue weighted by Gasteiger charge is 2.23. The zero-order chi connectivity index (χ0) is 19.9. The number of rotatable bonds is 7. The fourth-order valence-corrected chi connectivity index (χ4v) is 2.75. The van der Waals surface area contributed by atoms with E-state index in [4.69, 9.17) is 9.26 Å². The summed E-state index contributed by atoms with van der Waals surface area (Å²) in [5.74, 6) is -1.35. The molecule has 148 valence electrons. The van der Waals surface area contributed by atoms with Crippen LogP contribution in [0.15, 0.2) is 34.9 Å². The number of amides is 2. The first kappa shape index (κ1) is 19.7. The Kier molecular flexibility index (Phi) is 6.49. The van der Waals surface area contributed by atoms with Gasteiger partial charge in [-0.25, -0.2) is 0 Å². The number of nitrogens with one attached hydrogen (secondary N) is 1. The lowest BCUT2D eigenvalue weighted by atomic mass is 10.1. The van der Waals surface area contributed by atoms with Gasteiger partial charge in [0.1, 0.15) is 0 Å². The number of hydrogen-bond acceptors (Lipinski definition) is 7. The van der Waals surface area contributed by atoms with Crippen LogP contribution < -0.4 is 5.32 Å². The molecule has 1 aromatic heterocycles. The summed E-state index contributed by atoms with van der Waals surface area (Å²) in [5, 5.41) is 6.20. The maximum absolute atomic E-state index is 12.2. The molecule has 1 aliphatic heterocycles. The zero-order valence-corrected chi connectivity index (χ0v) is 15.6. The minimum Gasteiger partial charge on any atom is -0.378 e. The number of benzene rings is 1. The molecule has 2 aromatic rings. The standard InChI is InChI=1S/C19H22N4O5/c1-13(11-16(25)23-7-9-27-10-8-23)18(26)20-12-15(24)17-21-19(28-22-17)14-5-3-2-4-6-14/h2-6,13H,7-12H2,1H3,(H,20,26). The van der Waals surface area contributed by atoms with E-state index in [0.717, 1.165) is 0 Å². The third-order valence-electron chi connectivity index (χ3n) is 4.41. The first-order valence-corrected chi connectivity index (χ1v) is 9.10. The smallest absolute Gasteiger partial charge is 0.258 e. The number of ketones is 1. The van der Waals surface area contributed by atoms with E-state index in [1.165, 1.54) is 0 Å². The van der Waals surface area contributed by atoms with Gasteiger partial charge in [-0.05, 0) is 12.1 Å². The summed E-state index contributed by atoms with van der Waals surface area (Å²) in [6.45, 7) is 3.48. The Balaban J connectivity index is 1.48. The van der Waals surface area contributed by atoms with Crippen molar-refractivity contribution in [2.45, 2.75) is 13.3 Å². The van der Waals surface area contributed by atoms with Crippen LogP contribution in [0.2, 0.25) is 0 Å². The van der Waals surface area contributed by atoms with E-state index < -0.39 is 11.7 Å². The number of hydrogen-bond donors (Lipinski definition) is 1. The van der Waals surface area contributed by atoms with E-state index in [-0.39, 0.29) is 36.5 Å². The first-order chi connectivity index (χ1) is 13.5. The molecule has 3 rings (SSSR count). The molecular formula is C19H22N4O5. The molecule has 1 saturated heterocycles. The van der Waals surface area contributed by atoms with Crippen LogP contribution in [0.4, 0.5) is 0 Å². The summed E-state index contributed by atoms with van der Waals surface area (Å²) < 4.78 is 10.3. The maximum atomic E-state index is 12.2. The molecule has 1 fully saturated rings. The molecule has 0 spiro atoms. The number of ether oxygens (including phenoxy) is 1. The summed E-state index contributed by atoms with van der Waals surface area (Å²) in [6, 6.07) is 9.07. The SMILES string of the molecule is CC(CC(=O)N1CCOCC1)C(=O)NCC(=O)c1noc(-c2ccccc2)n1. The van der Waals surface area contributed by atoms with Crippen LogP contribution in [0.25, 0.3) is 11.5 Å². The van der Waals surface area contributed by atoms with Gasteiger partial charge in [-0.3, -0.25) is 14.4 Å². The first-order valence-electron chi connectivity index (χ1n) is 9.10. The number of Topliss-reactive ketones (excluding diaryl/α,β-unsaturated/α-hetero) is 1. The topological polar surface area (TPSA) is 115 Å². The zero-order valence-electron chi connectivity index (χ0n) is 15.6. The lowest BCUT2D eigenvalue weighted by Gasteiger charge is -2.27. The van der Waals surface area contributed by atoms with Gasteiger partial charge in [0.2, 0.25) is 23.4 Å². The van der Waals surface area contributed by atoms with Crippen LogP contribution in [-0.2, 0) is 14.3 Å². The fourth-order valence-electron chi connectivity index (χ4n) is 2.75. The van der Waals surface area contributed by atoms with E-state index in [9.17, 15) is 14.4 Å². The van der Waals surface area contributed by atoms with Gasteiger partial charge in [-0.1, -0.05) is 30.3 Å². The van der Waals surface area contributed by atoms with Crippen molar-refractivity contribution in [3.05, 3.63) is 36.2 Å². The van der Waals surface area contributed by atoms with Crippen molar-refractivity contribution in [1.82, 2.24) is 20.4 Å². The van der Waals surface area contributed by atoms with Gasteiger partial charge in [0.05, 0.1) is 19.8 Å². The Morgan fingerprint density at radius 3 is 2.61 bits per heavy atom. The van der Waals surface area contributed by atoms with Gasteiger partial charge < -0.3 is 19.5 Å². The molecule has 2 heterocycles. The van der Waals surface area contributed by atoms with Crippen molar-refractivity contribution in [2.75, 3.05) is 32.8 Å². The molecule has 1 atom stereocenters.